The summed E-state index contributed by atoms with van der Waals surface area (Å²) in [7, 11) is 0. The van der Waals surface area contributed by atoms with E-state index in [-0.39, 0.29) is 12.2 Å². The summed E-state index contributed by atoms with van der Waals surface area (Å²) in [6, 6.07) is 9.95. The van der Waals surface area contributed by atoms with Crippen LogP contribution in [-0.4, -0.2) is 14.2 Å². The second-order valence-corrected chi connectivity index (χ2v) is 4.57. The number of hydrogen-bond acceptors (Lipinski definition) is 2. The number of alkyl halides is 3. The number of halogens is 3. The lowest BCUT2D eigenvalue weighted by atomic mass is 10.1. The molecule has 0 radical (unpaired) electrons. The molecular weight excluding hydrogens is 283 g/mol. The second-order valence-electron chi connectivity index (χ2n) is 4.57. The van der Waals surface area contributed by atoms with Gasteiger partial charge in [0.1, 0.15) is 0 Å². The van der Waals surface area contributed by atoms with Crippen molar-refractivity contribution in [2.45, 2.75) is 12.7 Å². The Kier molecular flexibility index (Phi) is 3.04. The van der Waals surface area contributed by atoms with Crippen LogP contribution in [0.4, 0.5) is 13.2 Å². The minimum Gasteiger partial charge on any atom is -0.250 e. The summed E-state index contributed by atoms with van der Waals surface area (Å²) in [5.41, 5.74) is -0.301. The van der Waals surface area contributed by atoms with Gasteiger partial charge in [-0.2, -0.15) is 13.2 Å². The van der Waals surface area contributed by atoms with Crippen LogP contribution in [0.15, 0.2) is 53.5 Å². The van der Waals surface area contributed by atoms with E-state index in [0.29, 0.717) is 11.2 Å². The highest BCUT2D eigenvalue weighted by Gasteiger charge is 2.30. The first-order valence-electron chi connectivity index (χ1n) is 6.15. The Bertz CT molecular complexity index is 848. The Morgan fingerprint density at radius 2 is 1.90 bits per heavy atom. The van der Waals surface area contributed by atoms with Gasteiger partial charge in [0.2, 0.25) is 0 Å². The van der Waals surface area contributed by atoms with E-state index in [1.54, 1.807) is 24.4 Å². The molecule has 0 bridgehead atoms. The average Bonchev–Trinajstić information content (AvgIpc) is 2.75. The van der Waals surface area contributed by atoms with Crippen LogP contribution in [0.2, 0.25) is 0 Å². The molecule has 2 aromatic heterocycles. The van der Waals surface area contributed by atoms with Gasteiger partial charge in [-0.1, -0.05) is 18.2 Å². The molecule has 0 aliphatic carbocycles. The fourth-order valence-electron chi connectivity index (χ4n) is 2.09. The lowest BCUT2D eigenvalue weighted by Gasteiger charge is -2.08. The van der Waals surface area contributed by atoms with E-state index < -0.39 is 11.7 Å². The lowest BCUT2D eigenvalue weighted by molar-refractivity contribution is -0.137. The van der Waals surface area contributed by atoms with Crippen LogP contribution in [0, 0.1) is 0 Å². The van der Waals surface area contributed by atoms with Crippen molar-refractivity contribution in [1.82, 2.24) is 14.2 Å². The largest absolute Gasteiger partial charge is 0.416 e. The van der Waals surface area contributed by atoms with Crippen molar-refractivity contribution in [1.29, 1.82) is 0 Å². The molecule has 0 amide bonds. The van der Waals surface area contributed by atoms with Crippen molar-refractivity contribution in [3.63, 3.8) is 0 Å². The molecule has 2 heterocycles. The van der Waals surface area contributed by atoms with E-state index in [4.69, 9.17) is 0 Å². The number of aromatic nitrogens is 3. The van der Waals surface area contributed by atoms with Crippen LogP contribution in [0.25, 0.3) is 5.65 Å². The van der Waals surface area contributed by atoms with Gasteiger partial charge in [0.25, 0.3) is 0 Å². The molecule has 0 atom stereocenters. The highest BCUT2D eigenvalue weighted by Crippen LogP contribution is 2.29. The first-order chi connectivity index (χ1) is 9.95. The van der Waals surface area contributed by atoms with Gasteiger partial charge in [0.15, 0.2) is 5.65 Å². The summed E-state index contributed by atoms with van der Waals surface area (Å²) in [4.78, 5) is 12.1. The van der Waals surface area contributed by atoms with Crippen molar-refractivity contribution in [2.24, 2.45) is 0 Å². The van der Waals surface area contributed by atoms with Crippen molar-refractivity contribution in [2.75, 3.05) is 0 Å². The summed E-state index contributed by atoms with van der Waals surface area (Å²) in [5, 5.41) is 4.09. The molecule has 1 aromatic carbocycles. The number of nitrogens with zero attached hydrogens (tertiary/aromatic N) is 3. The number of rotatable bonds is 2. The van der Waals surface area contributed by atoms with Crippen LogP contribution >= 0.6 is 0 Å². The first-order valence-corrected chi connectivity index (χ1v) is 6.15. The number of benzene rings is 1. The molecule has 0 unspecified atom stereocenters. The normalized spacial score (nSPS) is 12.0. The van der Waals surface area contributed by atoms with Gasteiger partial charge in [-0.05, 0) is 29.8 Å². The Balaban J connectivity index is 1.99. The van der Waals surface area contributed by atoms with Crippen LogP contribution < -0.4 is 5.69 Å². The zero-order chi connectivity index (χ0) is 15.0. The van der Waals surface area contributed by atoms with Crippen molar-refractivity contribution >= 4 is 5.65 Å². The summed E-state index contributed by atoms with van der Waals surface area (Å²) in [6.45, 7) is -0.00949. The third-order valence-electron chi connectivity index (χ3n) is 3.08. The van der Waals surface area contributed by atoms with Crippen LogP contribution in [0.1, 0.15) is 11.1 Å². The molecule has 3 aromatic rings. The molecule has 3 rings (SSSR count). The monoisotopic (exact) mass is 293 g/mol. The minimum atomic E-state index is -4.40. The highest BCUT2D eigenvalue weighted by atomic mass is 19.4. The van der Waals surface area contributed by atoms with Gasteiger partial charge in [0.05, 0.1) is 12.1 Å². The molecule has 0 aliphatic rings. The molecule has 21 heavy (non-hydrogen) atoms. The summed E-state index contributed by atoms with van der Waals surface area (Å²) < 4.78 is 40.5. The second kappa shape index (κ2) is 4.76. The number of hydrogen-bond donors (Lipinski definition) is 0. The van der Waals surface area contributed by atoms with Crippen molar-refractivity contribution in [3.05, 3.63) is 70.3 Å². The van der Waals surface area contributed by atoms with Gasteiger partial charge in [-0.3, -0.25) is 4.40 Å². The molecule has 108 valence electrons. The molecule has 4 nitrogen and oxygen atoms in total. The highest BCUT2D eigenvalue weighted by molar-refractivity contribution is 5.35. The minimum absolute atomic E-state index is 0.00949. The third-order valence-corrected chi connectivity index (χ3v) is 3.08. The van der Waals surface area contributed by atoms with Crippen molar-refractivity contribution in [3.8, 4) is 0 Å². The maximum absolute atomic E-state index is 12.7. The molecular formula is C14H10F3N3O. The van der Waals surface area contributed by atoms with E-state index in [0.717, 1.165) is 16.8 Å². The van der Waals surface area contributed by atoms with Gasteiger partial charge in [0, 0.05) is 6.20 Å². The predicted molar refractivity (Wildman–Crippen MR) is 70.0 cm³/mol. The Hall–Kier alpha value is -2.57. The SMILES string of the molecule is O=c1n(Cc2cccc(C(F)(F)F)c2)nc2ccccn12. The number of fused-ring (bicyclic) bond motifs is 1. The molecule has 0 spiro atoms. The smallest absolute Gasteiger partial charge is 0.250 e. The van der Waals surface area contributed by atoms with E-state index >= 15 is 0 Å². The molecule has 0 saturated heterocycles. The Labute approximate surface area is 117 Å². The third kappa shape index (κ3) is 2.54. The standard InChI is InChI=1S/C14H10F3N3O/c15-14(16,17)11-5-3-4-10(8-11)9-20-13(21)19-7-2-1-6-12(19)18-20/h1-8H,9H2. The zero-order valence-corrected chi connectivity index (χ0v) is 10.7. The van der Waals surface area contributed by atoms with Crippen LogP contribution in [0.3, 0.4) is 0 Å². The Morgan fingerprint density at radius 3 is 2.62 bits per heavy atom. The van der Waals surface area contributed by atoms with Gasteiger partial charge in [-0.15, -0.1) is 5.10 Å². The Morgan fingerprint density at radius 1 is 1.10 bits per heavy atom. The van der Waals surface area contributed by atoms with E-state index in [9.17, 15) is 18.0 Å². The average molecular weight is 293 g/mol. The fraction of sp³-hybridized carbons (Fsp3) is 0.143. The topological polar surface area (TPSA) is 39.3 Å². The van der Waals surface area contributed by atoms with Crippen molar-refractivity contribution < 1.29 is 13.2 Å². The van der Waals surface area contributed by atoms with E-state index in [1.165, 1.54) is 16.5 Å². The number of pyridine rings is 1. The summed E-state index contributed by atoms with van der Waals surface area (Å²) >= 11 is 0. The quantitative estimate of drug-likeness (QED) is 0.728. The van der Waals surface area contributed by atoms with Gasteiger partial charge < -0.3 is 0 Å². The van der Waals surface area contributed by atoms with Crippen LogP contribution in [0.5, 0.6) is 0 Å². The maximum atomic E-state index is 12.7. The summed E-state index contributed by atoms with van der Waals surface area (Å²) in [5.74, 6) is 0. The first kappa shape index (κ1) is 13.4. The molecule has 0 N–H and O–H groups in total. The molecule has 0 fully saturated rings. The van der Waals surface area contributed by atoms with E-state index in [1.807, 2.05) is 0 Å². The maximum Gasteiger partial charge on any atom is 0.416 e. The predicted octanol–water partition coefficient (Wildman–Crippen LogP) is 2.56. The van der Waals surface area contributed by atoms with Gasteiger partial charge >= 0.3 is 11.9 Å². The fourth-order valence-corrected chi connectivity index (χ4v) is 2.09. The molecule has 0 saturated carbocycles. The van der Waals surface area contributed by atoms with Gasteiger partial charge in [-0.25, -0.2) is 9.48 Å². The zero-order valence-electron chi connectivity index (χ0n) is 10.7. The molecule has 0 aliphatic heterocycles. The summed E-state index contributed by atoms with van der Waals surface area (Å²) in [6.07, 6.45) is -2.84. The molecule has 7 heteroatoms. The van der Waals surface area contributed by atoms with E-state index in [2.05, 4.69) is 5.10 Å². The van der Waals surface area contributed by atoms with Crippen LogP contribution in [-0.2, 0) is 12.7 Å². The lowest BCUT2D eigenvalue weighted by Crippen LogP contribution is -2.21.